The summed E-state index contributed by atoms with van der Waals surface area (Å²) in [6, 6.07) is 17.7. The van der Waals surface area contributed by atoms with Crippen molar-refractivity contribution < 1.29 is 14.0 Å². The van der Waals surface area contributed by atoms with Gasteiger partial charge in [-0.3, -0.25) is 9.59 Å². The van der Waals surface area contributed by atoms with Crippen LogP contribution in [0.2, 0.25) is 0 Å². The lowest BCUT2D eigenvalue weighted by Crippen LogP contribution is -2.47. The Balaban J connectivity index is 1.54. The summed E-state index contributed by atoms with van der Waals surface area (Å²) in [6.45, 7) is 2.59. The third-order valence-corrected chi connectivity index (χ3v) is 7.40. The Kier molecular flexibility index (Phi) is 6.20. The van der Waals surface area contributed by atoms with E-state index in [-0.39, 0.29) is 17.6 Å². The number of nitrogens with one attached hydrogen (secondary N) is 1. The molecule has 2 heterocycles. The van der Waals surface area contributed by atoms with E-state index in [4.69, 9.17) is 0 Å². The molecule has 0 unspecified atom stereocenters. The first-order valence-corrected chi connectivity index (χ1v) is 11.4. The van der Waals surface area contributed by atoms with Gasteiger partial charge in [0.25, 0.3) is 0 Å². The maximum atomic E-state index is 13.4. The molecule has 0 bridgehead atoms. The van der Waals surface area contributed by atoms with Crippen LogP contribution in [0.3, 0.4) is 0 Å². The van der Waals surface area contributed by atoms with Gasteiger partial charge in [0.15, 0.2) is 0 Å². The van der Waals surface area contributed by atoms with Gasteiger partial charge in [-0.1, -0.05) is 37.3 Å². The van der Waals surface area contributed by atoms with E-state index in [1.165, 1.54) is 23.9 Å². The van der Waals surface area contributed by atoms with Crippen LogP contribution in [-0.4, -0.2) is 17.1 Å². The van der Waals surface area contributed by atoms with E-state index in [9.17, 15) is 14.0 Å². The molecule has 1 aliphatic rings. The summed E-state index contributed by atoms with van der Waals surface area (Å²) in [7, 11) is 0. The maximum absolute atomic E-state index is 13.4. The number of fused-ring (bicyclic) bond motifs is 1. The molecule has 154 valence electrons. The van der Waals surface area contributed by atoms with E-state index in [1.807, 2.05) is 41.8 Å². The van der Waals surface area contributed by atoms with Crippen LogP contribution >= 0.6 is 23.1 Å². The molecule has 1 N–H and O–H groups in total. The van der Waals surface area contributed by atoms with Gasteiger partial charge in [0.05, 0.1) is 24.7 Å². The highest BCUT2D eigenvalue weighted by molar-refractivity contribution is 8.01. The smallest absolute Gasteiger partial charge is 0.241 e. The minimum Gasteiger partial charge on any atom is -0.351 e. The van der Waals surface area contributed by atoms with Crippen molar-refractivity contribution in [2.24, 2.45) is 5.92 Å². The average Bonchev–Trinajstić information content (AvgIpc) is 3.28. The zero-order valence-electron chi connectivity index (χ0n) is 16.4. The second-order valence-corrected chi connectivity index (χ2v) is 9.36. The Labute approximate surface area is 183 Å². The number of benzene rings is 2. The fourth-order valence-electron chi connectivity index (χ4n) is 3.38. The van der Waals surface area contributed by atoms with Crippen LogP contribution in [0.1, 0.15) is 17.4 Å². The van der Waals surface area contributed by atoms with Crippen LogP contribution in [0.5, 0.6) is 0 Å². The van der Waals surface area contributed by atoms with Crippen molar-refractivity contribution in [3.05, 3.63) is 82.3 Å². The average molecular weight is 441 g/mol. The molecule has 0 saturated carbocycles. The van der Waals surface area contributed by atoms with E-state index < -0.39 is 11.2 Å². The third-order valence-electron chi connectivity index (χ3n) is 5.06. The van der Waals surface area contributed by atoms with Crippen molar-refractivity contribution in [3.63, 3.8) is 0 Å². The normalized spacial score (nSPS) is 16.8. The fraction of sp³-hybridized carbons (Fsp3) is 0.217. The monoisotopic (exact) mass is 440 g/mol. The standard InChI is InChI=1S/C23H21FN2O2S2/c1-15(22(27)25-13-18-5-4-12-29-18)21-23(28)26(14-16-8-10-17(24)11-9-16)19-6-2-3-7-20(19)30-21/h2-12,15,21H,13-14H2,1H3,(H,25,27)/t15-,21+/m1/s1. The molecular formula is C23H21FN2O2S2. The van der Waals surface area contributed by atoms with Gasteiger partial charge in [-0.2, -0.15) is 0 Å². The summed E-state index contributed by atoms with van der Waals surface area (Å²) >= 11 is 3.02. The summed E-state index contributed by atoms with van der Waals surface area (Å²) < 4.78 is 13.3. The fourth-order valence-corrected chi connectivity index (χ4v) is 5.31. The molecule has 2 amide bonds. The number of nitrogens with zero attached hydrogens (tertiary/aromatic N) is 1. The van der Waals surface area contributed by atoms with Crippen molar-refractivity contribution in [1.29, 1.82) is 0 Å². The summed E-state index contributed by atoms with van der Waals surface area (Å²) in [5.74, 6) is -1.06. The van der Waals surface area contributed by atoms with Crippen LogP contribution in [-0.2, 0) is 22.7 Å². The van der Waals surface area contributed by atoms with Crippen LogP contribution in [0.15, 0.2) is 70.9 Å². The summed E-state index contributed by atoms with van der Waals surface area (Å²) in [5.41, 5.74) is 1.65. The highest BCUT2D eigenvalue weighted by Gasteiger charge is 2.39. The molecule has 0 spiro atoms. The number of hydrogen-bond acceptors (Lipinski definition) is 4. The molecule has 7 heteroatoms. The number of thiophene rings is 1. The molecule has 0 aliphatic carbocycles. The molecule has 4 nitrogen and oxygen atoms in total. The largest absolute Gasteiger partial charge is 0.351 e. The number of carbonyl (C=O) groups excluding carboxylic acids is 2. The molecule has 1 aromatic heterocycles. The maximum Gasteiger partial charge on any atom is 0.241 e. The lowest BCUT2D eigenvalue weighted by Gasteiger charge is -2.35. The first kappa shape index (κ1) is 20.6. The van der Waals surface area contributed by atoms with Crippen molar-refractivity contribution >= 4 is 40.6 Å². The van der Waals surface area contributed by atoms with Crippen LogP contribution in [0.4, 0.5) is 10.1 Å². The van der Waals surface area contributed by atoms with E-state index in [0.717, 1.165) is 21.0 Å². The van der Waals surface area contributed by atoms with Crippen molar-refractivity contribution in [2.75, 3.05) is 4.90 Å². The number of rotatable bonds is 6. The Morgan fingerprint density at radius 2 is 1.90 bits per heavy atom. The molecule has 4 rings (SSSR count). The molecule has 3 aromatic rings. The molecule has 0 fully saturated rings. The molecule has 30 heavy (non-hydrogen) atoms. The zero-order chi connectivity index (χ0) is 21.1. The van der Waals surface area contributed by atoms with Gasteiger partial charge < -0.3 is 10.2 Å². The van der Waals surface area contributed by atoms with E-state index >= 15 is 0 Å². The van der Waals surface area contributed by atoms with Crippen LogP contribution in [0, 0.1) is 11.7 Å². The highest BCUT2D eigenvalue weighted by atomic mass is 32.2. The molecule has 2 atom stereocenters. The summed E-state index contributed by atoms with van der Waals surface area (Å²) in [6.07, 6.45) is 0. The van der Waals surface area contributed by atoms with E-state index in [2.05, 4.69) is 5.32 Å². The van der Waals surface area contributed by atoms with Gasteiger partial charge in [-0.15, -0.1) is 23.1 Å². The SMILES string of the molecule is C[C@@H](C(=O)NCc1cccs1)[C@@H]1Sc2ccccc2N(Cc2ccc(F)cc2)C1=O. The number of anilines is 1. The Hall–Kier alpha value is -2.64. The highest BCUT2D eigenvalue weighted by Crippen LogP contribution is 2.42. The number of para-hydroxylation sites is 1. The van der Waals surface area contributed by atoms with E-state index in [0.29, 0.717) is 13.1 Å². The van der Waals surface area contributed by atoms with Gasteiger partial charge in [0, 0.05) is 9.77 Å². The lowest BCUT2D eigenvalue weighted by atomic mass is 10.0. The predicted molar refractivity (Wildman–Crippen MR) is 119 cm³/mol. The van der Waals surface area contributed by atoms with Gasteiger partial charge in [-0.25, -0.2) is 4.39 Å². The van der Waals surface area contributed by atoms with E-state index in [1.54, 1.807) is 35.3 Å². The Morgan fingerprint density at radius 3 is 2.63 bits per heavy atom. The van der Waals surface area contributed by atoms with Crippen molar-refractivity contribution in [2.45, 2.75) is 30.2 Å². The number of hydrogen-bond donors (Lipinski definition) is 1. The van der Waals surface area contributed by atoms with Gasteiger partial charge >= 0.3 is 0 Å². The first-order chi connectivity index (χ1) is 14.5. The minimum atomic E-state index is -0.524. The predicted octanol–water partition coefficient (Wildman–Crippen LogP) is 4.85. The van der Waals surface area contributed by atoms with Gasteiger partial charge in [-0.05, 0) is 41.3 Å². The number of halogens is 1. The van der Waals surface area contributed by atoms with Crippen molar-refractivity contribution in [3.8, 4) is 0 Å². The molecule has 1 aliphatic heterocycles. The van der Waals surface area contributed by atoms with Crippen LogP contribution in [0.25, 0.3) is 0 Å². The molecular weight excluding hydrogens is 419 g/mol. The summed E-state index contributed by atoms with van der Waals surface area (Å²) in [5, 5.41) is 4.39. The minimum absolute atomic E-state index is 0.109. The Bertz CT molecular complexity index is 1040. The second-order valence-electron chi connectivity index (χ2n) is 7.14. The topological polar surface area (TPSA) is 49.4 Å². The quantitative estimate of drug-likeness (QED) is 0.596. The summed E-state index contributed by atoms with van der Waals surface area (Å²) in [4.78, 5) is 29.9. The zero-order valence-corrected chi connectivity index (χ0v) is 18.0. The molecule has 2 aromatic carbocycles. The van der Waals surface area contributed by atoms with Gasteiger partial charge in [0.1, 0.15) is 11.1 Å². The number of amides is 2. The van der Waals surface area contributed by atoms with Crippen molar-refractivity contribution in [1.82, 2.24) is 5.32 Å². The first-order valence-electron chi connectivity index (χ1n) is 9.64. The van der Waals surface area contributed by atoms with Crippen LogP contribution < -0.4 is 10.2 Å². The molecule has 0 radical (unpaired) electrons. The number of carbonyl (C=O) groups is 2. The Morgan fingerprint density at radius 1 is 1.13 bits per heavy atom. The third kappa shape index (κ3) is 4.42. The van der Waals surface area contributed by atoms with Gasteiger partial charge in [0.2, 0.25) is 11.8 Å². The second kappa shape index (κ2) is 9.02. The molecule has 0 saturated heterocycles. The number of thioether (sulfide) groups is 1. The lowest BCUT2D eigenvalue weighted by molar-refractivity contribution is -0.128.